The van der Waals surface area contributed by atoms with Gasteiger partial charge in [-0.15, -0.1) is 12.4 Å². The molecule has 0 aromatic carbocycles. The fraction of sp³-hybridized carbons (Fsp3) is 1.00. The standard InChI is InChI=1S/C8H15N.ClH/c9-6-8(3-4-8)5-7-1-2-7;/h7H,1-6,9H2;1H. The third kappa shape index (κ3) is 1.64. The van der Waals surface area contributed by atoms with E-state index in [9.17, 15) is 0 Å². The lowest BCUT2D eigenvalue weighted by atomic mass is 10.00. The summed E-state index contributed by atoms with van der Waals surface area (Å²) in [5, 5.41) is 0. The van der Waals surface area contributed by atoms with Gasteiger partial charge in [0.05, 0.1) is 0 Å². The predicted molar refractivity (Wildman–Crippen MR) is 45.3 cm³/mol. The minimum atomic E-state index is 0. The average molecular weight is 162 g/mol. The molecule has 0 aliphatic heterocycles. The molecule has 0 radical (unpaired) electrons. The summed E-state index contributed by atoms with van der Waals surface area (Å²) in [6.07, 6.45) is 7.26. The van der Waals surface area contributed by atoms with E-state index in [1.54, 1.807) is 0 Å². The maximum Gasteiger partial charge on any atom is -0.00204 e. The van der Waals surface area contributed by atoms with E-state index in [0.29, 0.717) is 5.41 Å². The first kappa shape index (κ1) is 8.35. The van der Waals surface area contributed by atoms with Crippen molar-refractivity contribution in [2.45, 2.75) is 32.1 Å². The van der Waals surface area contributed by atoms with Crippen LogP contribution in [0.1, 0.15) is 32.1 Å². The van der Waals surface area contributed by atoms with Crippen LogP contribution in [0.3, 0.4) is 0 Å². The van der Waals surface area contributed by atoms with Crippen LogP contribution >= 0.6 is 12.4 Å². The van der Waals surface area contributed by atoms with E-state index in [1.807, 2.05) is 0 Å². The quantitative estimate of drug-likeness (QED) is 0.673. The van der Waals surface area contributed by atoms with Crippen LogP contribution in [0.2, 0.25) is 0 Å². The van der Waals surface area contributed by atoms with Crippen molar-refractivity contribution in [1.29, 1.82) is 0 Å². The first-order valence-electron chi connectivity index (χ1n) is 4.05. The summed E-state index contributed by atoms with van der Waals surface area (Å²) in [7, 11) is 0. The molecule has 0 aromatic heterocycles. The summed E-state index contributed by atoms with van der Waals surface area (Å²) in [6, 6.07) is 0. The van der Waals surface area contributed by atoms with Gasteiger partial charge in [0, 0.05) is 0 Å². The lowest BCUT2D eigenvalue weighted by Gasteiger charge is -2.09. The van der Waals surface area contributed by atoms with Gasteiger partial charge >= 0.3 is 0 Å². The normalized spacial score (nSPS) is 27.3. The van der Waals surface area contributed by atoms with Crippen LogP contribution in [0.4, 0.5) is 0 Å². The zero-order valence-electron chi connectivity index (χ0n) is 6.31. The van der Waals surface area contributed by atoms with Crippen molar-refractivity contribution < 1.29 is 0 Å². The Morgan fingerprint density at radius 2 is 1.90 bits per heavy atom. The molecule has 1 nitrogen and oxygen atoms in total. The minimum absolute atomic E-state index is 0. The van der Waals surface area contributed by atoms with E-state index in [0.717, 1.165) is 12.5 Å². The summed E-state index contributed by atoms with van der Waals surface area (Å²) in [5.74, 6) is 1.08. The molecule has 60 valence electrons. The number of nitrogens with two attached hydrogens (primary N) is 1. The van der Waals surface area contributed by atoms with E-state index in [4.69, 9.17) is 5.73 Å². The number of rotatable bonds is 3. The van der Waals surface area contributed by atoms with E-state index >= 15 is 0 Å². The molecule has 0 aromatic rings. The summed E-state index contributed by atoms with van der Waals surface area (Å²) >= 11 is 0. The predicted octanol–water partition coefficient (Wildman–Crippen LogP) is 1.95. The zero-order chi connectivity index (χ0) is 6.32. The van der Waals surface area contributed by atoms with Crippen LogP contribution in [0.25, 0.3) is 0 Å². The van der Waals surface area contributed by atoms with E-state index < -0.39 is 0 Å². The Bertz CT molecular complexity index is 116. The molecular weight excluding hydrogens is 146 g/mol. The Kier molecular flexibility index (Phi) is 2.26. The molecule has 0 unspecified atom stereocenters. The van der Waals surface area contributed by atoms with Gasteiger partial charge in [-0.25, -0.2) is 0 Å². The summed E-state index contributed by atoms with van der Waals surface area (Å²) < 4.78 is 0. The highest BCUT2D eigenvalue weighted by atomic mass is 35.5. The first-order valence-corrected chi connectivity index (χ1v) is 4.05. The summed E-state index contributed by atoms with van der Waals surface area (Å²) in [4.78, 5) is 0. The van der Waals surface area contributed by atoms with Crippen LogP contribution < -0.4 is 5.73 Å². The second-order valence-corrected chi connectivity index (χ2v) is 3.85. The minimum Gasteiger partial charge on any atom is -0.330 e. The third-order valence-electron chi connectivity index (χ3n) is 2.81. The van der Waals surface area contributed by atoms with E-state index in [1.165, 1.54) is 32.1 Å². The Hall–Kier alpha value is 0.250. The molecule has 2 rings (SSSR count). The van der Waals surface area contributed by atoms with Gasteiger partial charge in [-0.1, -0.05) is 12.8 Å². The summed E-state index contributed by atoms with van der Waals surface area (Å²) in [5.41, 5.74) is 6.30. The molecule has 2 heteroatoms. The lowest BCUT2D eigenvalue weighted by molar-refractivity contribution is 0.446. The Morgan fingerprint density at radius 1 is 1.30 bits per heavy atom. The van der Waals surface area contributed by atoms with Crippen LogP contribution in [-0.2, 0) is 0 Å². The van der Waals surface area contributed by atoms with Gasteiger partial charge in [0.25, 0.3) is 0 Å². The molecule has 2 saturated carbocycles. The highest BCUT2D eigenvalue weighted by molar-refractivity contribution is 5.85. The molecule has 2 aliphatic carbocycles. The summed E-state index contributed by atoms with van der Waals surface area (Å²) in [6.45, 7) is 0.948. The highest BCUT2D eigenvalue weighted by Crippen LogP contribution is 2.54. The van der Waals surface area contributed by atoms with Crippen molar-refractivity contribution in [2.75, 3.05) is 6.54 Å². The van der Waals surface area contributed by atoms with Crippen LogP contribution in [-0.4, -0.2) is 6.54 Å². The van der Waals surface area contributed by atoms with E-state index in [-0.39, 0.29) is 12.4 Å². The Balaban J connectivity index is 0.000000500. The first-order chi connectivity index (χ1) is 4.35. The Morgan fingerprint density at radius 3 is 2.20 bits per heavy atom. The van der Waals surface area contributed by atoms with Crippen molar-refractivity contribution >= 4 is 12.4 Å². The maximum atomic E-state index is 5.64. The van der Waals surface area contributed by atoms with Crippen molar-refractivity contribution in [3.8, 4) is 0 Å². The smallest absolute Gasteiger partial charge is 0.00204 e. The fourth-order valence-electron chi connectivity index (χ4n) is 1.60. The number of hydrogen-bond acceptors (Lipinski definition) is 1. The molecule has 0 spiro atoms. The molecule has 0 amide bonds. The average Bonchev–Trinajstić information content (AvgIpc) is 2.68. The monoisotopic (exact) mass is 161 g/mol. The molecule has 0 heterocycles. The van der Waals surface area contributed by atoms with Gasteiger partial charge in [-0.2, -0.15) is 0 Å². The number of hydrogen-bond donors (Lipinski definition) is 1. The molecular formula is C8H16ClN. The number of halogens is 1. The lowest BCUT2D eigenvalue weighted by Crippen LogP contribution is -2.15. The second-order valence-electron chi connectivity index (χ2n) is 3.85. The van der Waals surface area contributed by atoms with Crippen molar-refractivity contribution in [3.63, 3.8) is 0 Å². The van der Waals surface area contributed by atoms with Gasteiger partial charge in [-0.05, 0) is 37.1 Å². The molecule has 0 atom stereocenters. The van der Waals surface area contributed by atoms with Crippen molar-refractivity contribution in [2.24, 2.45) is 17.1 Å². The van der Waals surface area contributed by atoms with E-state index in [2.05, 4.69) is 0 Å². The topological polar surface area (TPSA) is 26.0 Å². The van der Waals surface area contributed by atoms with Gasteiger partial charge in [0.1, 0.15) is 0 Å². The van der Waals surface area contributed by atoms with Gasteiger partial charge in [0.2, 0.25) is 0 Å². The maximum absolute atomic E-state index is 5.64. The Labute approximate surface area is 68.8 Å². The zero-order valence-corrected chi connectivity index (χ0v) is 7.12. The molecule has 2 N–H and O–H groups in total. The SMILES string of the molecule is Cl.NCC1(CC2CC2)CC1. The van der Waals surface area contributed by atoms with Gasteiger partial charge in [0.15, 0.2) is 0 Å². The molecule has 2 fully saturated rings. The fourth-order valence-corrected chi connectivity index (χ4v) is 1.60. The molecule has 10 heavy (non-hydrogen) atoms. The van der Waals surface area contributed by atoms with Crippen LogP contribution in [0.5, 0.6) is 0 Å². The third-order valence-corrected chi connectivity index (χ3v) is 2.81. The highest BCUT2D eigenvalue weighted by Gasteiger charge is 2.44. The largest absolute Gasteiger partial charge is 0.330 e. The van der Waals surface area contributed by atoms with Crippen LogP contribution in [0.15, 0.2) is 0 Å². The van der Waals surface area contributed by atoms with Crippen molar-refractivity contribution in [3.05, 3.63) is 0 Å². The van der Waals surface area contributed by atoms with Crippen molar-refractivity contribution in [1.82, 2.24) is 0 Å². The van der Waals surface area contributed by atoms with Gasteiger partial charge < -0.3 is 5.73 Å². The second kappa shape index (κ2) is 2.71. The molecule has 0 saturated heterocycles. The molecule has 2 aliphatic rings. The van der Waals surface area contributed by atoms with Crippen LogP contribution in [0, 0.1) is 11.3 Å². The van der Waals surface area contributed by atoms with Gasteiger partial charge in [-0.3, -0.25) is 0 Å². The molecule has 0 bridgehead atoms.